The Bertz CT molecular complexity index is 903. The summed E-state index contributed by atoms with van der Waals surface area (Å²) in [4.78, 5) is 30.1. The molecule has 0 spiro atoms. The number of amides is 3. The summed E-state index contributed by atoms with van der Waals surface area (Å²) in [7, 11) is 1.59. The molecule has 0 aliphatic carbocycles. The average molecular weight is 401 g/mol. The van der Waals surface area contributed by atoms with E-state index in [-0.39, 0.29) is 18.6 Å². The van der Waals surface area contributed by atoms with Gasteiger partial charge in [0.1, 0.15) is 11.4 Å². The number of urea groups is 1. The monoisotopic (exact) mass is 401 g/mol. The number of hydrogen-bond acceptors (Lipinski definition) is 5. The van der Waals surface area contributed by atoms with Gasteiger partial charge in [0.05, 0.1) is 30.9 Å². The molecule has 2 N–H and O–H groups in total. The van der Waals surface area contributed by atoms with Gasteiger partial charge in [-0.05, 0) is 39.8 Å². The third kappa shape index (κ3) is 4.98. The molecule has 156 valence electrons. The summed E-state index contributed by atoms with van der Waals surface area (Å²) in [6, 6.07) is 5.10. The van der Waals surface area contributed by atoms with Crippen LogP contribution < -0.4 is 20.3 Å². The number of benzene rings is 1. The molecule has 3 rings (SSSR count). The van der Waals surface area contributed by atoms with Gasteiger partial charge in [-0.2, -0.15) is 0 Å². The van der Waals surface area contributed by atoms with Crippen molar-refractivity contribution in [1.82, 2.24) is 20.2 Å². The lowest BCUT2D eigenvalue weighted by Gasteiger charge is -2.20. The minimum absolute atomic E-state index is 0.225. The maximum atomic E-state index is 12.4. The van der Waals surface area contributed by atoms with Crippen molar-refractivity contribution in [2.45, 2.75) is 39.3 Å². The molecule has 1 aliphatic rings. The van der Waals surface area contributed by atoms with Crippen LogP contribution in [-0.2, 0) is 4.74 Å². The number of hydrogen-bond donors (Lipinski definition) is 2. The molecule has 1 atom stereocenters. The van der Waals surface area contributed by atoms with Gasteiger partial charge >= 0.3 is 12.1 Å². The second kappa shape index (κ2) is 8.02. The Hall–Kier alpha value is -3.23. The summed E-state index contributed by atoms with van der Waals surface area (Å²) in [6.07, 6.45) is 3.11. The molecule has 0 radical (unpaired) electrons. The highest BCUT2D eigenvalue weighted by atomic mass is 16.6. The maximum Gasteiger partial charge on any atom is 0.407 e. The van der Waals surface area contributed by atoms with Crippen LogP contribution >= 0.6 is 0 Å². The Morgan fingerprint density at radius 1 is 1.38 bits per heavy atom. The van der Waals surface area contributed by atoms with E-state index >= 15 is 0 Å². The van der Waals surface area contributed by atoms with E-state index in [9.17, 15) is 9.59 Å². The first kappa shape index (κ1) is 20.5. The number of alkyl carbamates (subject to hydrolysis) is 1. The minimum atomic E-state index is -0.568. The third-order valence-electron chi connectivity index (χ3n) is 4.33. The van der Waals surface area contributed by atoms with E-state index in [1.165, 1.54) is 0 Å². The normalized spacial score (nSPS) is 16.5. The summed E-state index contributed by atoms with van der Waals surface area (Å²) in [5.74, 6) is 0.628. The van der Waals surface area contributed by atoms with E-state index < -0.39 is 11.7 Å². The Morgan fingerprint density at radius 3 is 2.76 bits per heavy atom. The van der Waals surface area contributed by atoms with Gasteiger partial charge in [-0.25, -0.2) is 14.6 Å². The second-order valence-electron chi connectivity index (χ2n) is 7.92. The number of nitrogens with one attached hydrogen (secondary N) is 2. The lowest BCUT2D eigenvalue weighted by molar-refractivity contribution is 0.0524. The molecule has 3 amide bonds. The summed E-state index contributed by atoms with van der Waals surface area (Å²) in [6.45, 7) is 8.01. The minimum Gasteiger partial charge on any atom is -0.494 e. The number of imidazole rings is 1. The van der Waals surface area contributed by atoms with Gasteiger partial charge in [-0.15, -0.1) is 0 Å². The zero-order valence-corrected chi connectivity index (χ0v) is 17.4. The van der Waals surface area contributed by atoms with Crippen LogP contribution in [0.4, 0.5) is 15.3 Å². The van der Waals surface area contributed by atoms with Crippen LogP contribution in [0.3, 0.4) is 0 Å². The lowest BCUT2D eigenvalue weighted by Crippen LogP contribution is -2.41. The van der Waals surface area contributed by atoms with Crippen LogP contribution in [0, 0.1) is 6.92 Å². The van der Waals surface area contributed by atoms with Crippen molar-refractivity contribution in [3.05, 3.63) is 36.4 Å². The van der Waals surface area contributed by atoms with E-state index in [2.05, 4.69) is 15.6 Å². The van der Waals surface area contributed by atoms with E-state index in [0.29, 0.717) is 18.0 Å². The van der Waals surface area contributed by atoms with Gasteiger partial charge in [0, 0.05) is 31.0 Å². The molecular formula is C20H27N5O4. The Balaban J connectivity index is 1.68. The van der Waals surface area contributed by atoms with Crippen molar-refractivity contribution in [3.63, 3.8) is 0 Å². The molecule has 1 saturated heterocycles. The lowest BCUT2D eigenvalue weighted by atomic mass is 10.2. The number of carbonyl (C=O) groups is 2. The number of rotatable bonds is 5. The quantitative estimate of drug-likeness (QED) is 0.803. The molecule has 2 heterocycles. The summed E-state index contributed by atoms with van der Waals surface area (Å²) in [5.41, 5.74) is 1.87. The zero-order valence-electron chi connectivity index (χ0n) is 17.4. The molecule has 1 unspecified atom stereocenters. The Morgan fingerprint density at radius 2 is 2.14 bits per heavy atom. The highest BCUT2D eigenvalue weighted by Gasteiger charge is 2.31. The number of aryl methyl sites for hydroxylation is 1. The highest BCUT2D eigenvalue weighted by Crippen LogP contribution is 2.30. The molecule has 0 saturated carbocycles. The Kier molecular flexibility index (Phi) is 5.67. The van der Waals surface area contributed by atoms with Gasteiger partial charge in [0.25, 0.3) is 0 Å². The molecule has 1 aromatic carbocycles. The molecule has 0 bridgehead atoms. The molecular weight excluding hydrogens is 374 g/mol. The van der Waals surface area contributed by atoms with E-state index in [1.807, 2.05) is 35.9 Å². The number of carbonyl (C=O) groups excluding carboxylic acids is 2. The van der Waals surface area contributed by atoms with Gasteiger partial charge in [0.15, 0.2) is 0 Å². The van der Waals surface area contributed by atoms with Gasteiger partial charge in [0.2, 0.25) is 0 Å². The van der Waals surface area contributed by atoms with Crippen LogP contribution in [0.2, 0.25) is 0 Å². The second-order valence-corrected chi connectivity index (χ2v) is 7.92. The standard InChI is InChI=1S/C20H27N5O4/c1-13-10-24(12-22-13)16-7-6-15(8-17(16)28-5)25-11-14(23-18(25)26)9-21-19(27)29-20(2,3)4/h6-8,10,12,14H,9,11H2,1-5H3,(H,21,27)(H,23,26). The third-order valence-corrected chi connectivity index (χ3v) is 4.33. The largest absolute Gasteiger partial charge is 0.494 e. The van der Waals surface area contributed by atoms with Crippen LogP contribution in [0.15, 0.2) is 30.7 Å². The fraction of sp³-hybridized carbons (Fsp3) is 0.450. The van der Waals surface area contributed by atoms with Crippen LogP contribution in [0.5, 0.6) is 5.75 Å². The van der Waals surface area contributed by atoms with Gasteiger partial charge in [-0.1, -0.05) is 0 Å². The van der Waals surface area contributed by atoms with E-state index in [0.717, 1.165) is 11.4 Å². The molecule has 9 nitrogen and oxygen atoms in total. The fourth-order valence-electron chi connectivity index (χ4n) is 3.06. The number of aromatic nitrogens is 2. The molecule has 2 aromatic rings. The molecule has 1 aliphatic heterocycles. The molecule has 1 aromatic heterocycles. The van der Waals surface area contributed by atoms with Gasteiger partial charge in [-0.3, -0.25) is 4.90 Å². The highest BCUT2D eigenvalue weighted by molar-refractivity contribution is 5.95. The van der Waals surface area contributed by atoms with E-state index in [4.69, 9.17) is 9.47 Å². The number of ether oxygens (including phenoxy) is 2. The van der Waals surface area contributed by atoms with Crippen molar-refractivity contribution < 1.29 is 19.1 Å². The first-order valence-corrected chi connectivity index (χ1v) is 9.40. The van der Waals surface area contributed by atoms with Crippen molar-refractivity contribution >= 4 is 17.8 Å². The van der Waals surface area contributed by atoms with Crippen LogP contribution in [0.25, 0.3) is 5.69 Å². The molecule has 9 heteroatoms. The van der Waals surface area contributed by atoms with Crippen molar-refractivity contribution in [2.24, 2.45) is 0 Å². The first-order valence-electron chi connectivity index (χ1n) is 9.40. The topological polar surface area (TPSA) is 97.7 Å². The predicted molar refractivity (Wildman–Crippen MR) is 109 cm³/mol. The van der Waals surface area contributed by atoms with E-state index in [1.54, 1.807) is 39.1 Å². The SMILES string of the molecule is COc1cc(N2CC(CNC(=O)OC(C)(C)C)NC2=O)ccc1-n1cnc(C)c1. The average Bonchev–Trinajstić information content (AvgIpc) is 3.23. The Labute approximate surface area is 170 Å². The van der Waals surface area contributed by atoms with Crippen LogP contribution in [0.1, 0.15) is 26.5 Å². The van der Waals surface area contributed by atoms with Gasteiger partial charge < -0.3 is 24.7 Å². The predicted octanol–water partition coefficient (Wildman–Crippen LogP) is 2.61. The molecule has 29 heavy (non-hydrogen) atoms. The maximum absolute atomic E-state index is 12.4. The number of anilines is 1. The smallest absolute Gasteiger partial charge is 0.407 e. The van der Waals surface area contributed by atoms with Crippen LogP contribution in [-0.4, -0.2) is 53.5 Å². The molecule has 1 fully saturated rings. The number of nitrogens with zero attached hydrogens (tertiary/aromatic N) is 3. The first-order chi connectivity index (χ1) is 13.7. The van der Waals surface area contributed by atoms with Crippen molar-refractivity contribution in [1.29, 1.82) is 0 Å². The van der Waals surface area contributed by atoms with Crippen molar-refractivity contribution in [3.8, 4) is 11.4 Å². The number of methoxy groups -OCH3 is 1. The van der Waals surface area contributed by atoms with Crippen molar-refractivity contribution in [2.75, 3.05) is 25.1 Å². The summed E-state index contributed by atoms with van der Waals surface area (Å²) < 4.78 is 12.6. The summed E-state index contributed by atoms with van der Waals surface area (Å²) in [5, 5.41) is 5.56. The zero-order chi connectivity index (χ0) is 21.2. The fourth-order valence-corrected chi connectivity index (χ4v) is 3.06. The summed E-state index contributed by atoms with van der Waals surface area (Å²) >= 11 is 0.